The van der Waals surface area contributed by atoms with E-state index in [2.05, 4.69) is 30.2 Å². The summed E-state index contributed by atoms with van der Waals surface area (Å²) in [7, 11) is 2.21. The molecule has 2 fully saturated rings. The Bertz CT molecular complexity index is 163. The van der Waals surface area contributed by atoms with Crippen molar-refractivity contribution in [3.63, 3.8) is 0 Å². The lowest BCUT2D eigenvalue weighted by atomic mass is 9.93. The van der Waals surface area contributed by atoms with Gasteiger partial charge in [0.2, 0.25) is 0 Å². The lowest BCUT2D eigenvalue weighted by Gasteiger charge is -2.46. The van der Waals surface area contributed by atoms with Crippen LogP contribution in [0.5, 0.6) is 0 Å². The molecule has 1 atom stereocenters. The predicted octanol–water partition coefficient (Wildman–Crippen LogP) is 1.24. The Hall–Kier alpha value is -0.0800. The van der Waals surface area contributed by atoms with Crippen molar-refractivity contribution in [3.8, 4) is 0 Å². The second kappa shape index (κ2) is 3.97. The molecule has 0 amide bonds. The van der Waals surface area contributed by atoms with E-state index in [0.29, 0.717) is 0 Å². The zero-order valence-corrected chi connectivity index (χ0v) is 8.87. The minimum absolute atomic E-state index is 0.861. The highest BCUT2D eigenvalue weighted by molar-refractivity contribution is 4.90. The molecule has 0 spiro atoms. The molecule has 0 aliphatic carbocycles. The molecule has 2 nitrogen and oxygen atoms in total. The zero-order chi connectivity index (χ0) is 9.26. The maximum absolute atomic E-state index is 2.69. The van der Waals surface area contributed by atoms with Gasteiger partial charge < -0.3 is 4.90 Å². The van der Waals surface area contributed by atoms with E-state index in [1.165, 1.54) is 39.0 Å². The van der Waals surface area contributed by atoms with Gasteiger partial charge in [-0.3, -0.25) is 4.90 Å². The van der Waals surface area contributed by atoms with E-state index in [-0.39, 0.29) is 0 Å². The molecule has 2 heterocycles. The second-order valence-electron chi connectivity index (χ2n) is 4.61. The Morgan fingerprint density at radius 1 is 1.23 bits per heavy atom. The molecule has 1 radical (unpaired) electrons. The lowest BCUT2D eigenvalue weighted by Crippen LogP contribution is -2.59. The van der Waals surface area contributed by atoms with Gasteiger partial charge in [0, 0.05) is 25.7 Å². The Balaban J connectivity index is 1.79. The molecule has 0 aromatic rings. The molecule has 1 unspecified atom stereocenters. The Labute approximate surface area is 81.9 Å². The highest BCUT2D eigenvalue weighted by Gasteiger charge is 2.31. The first-order valence-corrected chi connectivity index (χ1v) is 5.51. The molecule has 0 saturated carbocycles. The average Bonchev–Trinajstić information content (AvgIpc) is 2.13. The lowest BCUT2D eigenvalue weighted by molar-refractivity contribution is 0.0287. The highest BCUT2D eigenvalue weighted by atomic mass is 15.3. The van der Waals surface area contributed by atoms with Gasteiger partial charge in [-0.05, 0) is 38.8 Å². The van der Waals surface area contributed by atoms with Gasteiger partial charge in [0.15, 0.2) is 0 Å². The van der Waals surface area contributed by atoms with Crippen LogP contribution in [-0.4, -0.2) is 49.1 Å². The summed E-state index contributed by atoms with van der Waals surface area (Å²) in [5.74, 6) is 0.861. The minimum atomic E-state index is 0.861. The number of likely N-dealkylation sites (tertiary alicyclic amines) is 2. The molecule has 13 heavy (non-hydrogen) atoms. The van der Waals surface area contributed by atoms with Crippen LogP contribution in [0.1, 0.15) is 19.8 Å². The van der Waals surface area contributed by atoms with E-state index in [0.717, 1.165) is 12.0 Å². The smallest absolute Gasteiger partial charge is 0.0350 e. The normalized spacial score (nSPS) is 33.2. The summed E-state index contributed by atoms with van der Waals surface area (Å²) >= 11 is 0. The van der Waals surface area contributed by atoms with Crippen LogP contribution in [0.2, 0.25) is 0 Å². The van der Waals surface area contributed by atoms with Crippen LogP contribution < -0.4 is 0 Å². The molecule has 2 aliphatic heterocycles. The number of nitrogens with zero attached hydrogens (tertiary/aromatic N) is 2. The van der Waals surface area contributed by atoms with Crippen LogP contribution in [0.3, 0.4) is 0 Å². The maximum Gasteiger partial charge on any atom is 0.0350 e. The Morgan fingerprint density at radius 2 is 2.00 bits per heavy atom. The summed E-state index contributed by atoms with van der Waals surface area (Å²) in [6, 6.07) is 0.868. The minimum Gasteiger partial charge on any atom is -0.303 e. The average molecular weight is 181 g/mol. The number of likely N-dealkylation sites (N-methyl/N-ethyl adjacent to an activating group) is 1. The van der Waals surface area contributed by atoms with Crippen LogP contribution in [0, 0.1) is 12.3 Å². The molecule has 2 saturated heterocycles. The topological polar surface area (TPSA) is 6.48 Å². The summed E-state index contributed by atoms with van der Waals surface area (Å²) in [6.45, 7) is 7.44. The Kier molecular flexibility index (Phi) is 2.89. The van der Waals surface area contributed by atoms with Crippen molar-refractivity contribution < 1.29 is 0 Å². The summed E-state index contributed by atoms with van der Waals surface area (Å²) in [5.41, 5.74) is 0. The van der Waals surface area contributed by atoms with E-state index >= 15 is 0 Å². The van der Waals surface area contributed by atoms with Crippen LogP contribution in [-0.2, 0) is 0 Å². The Morgan fingerprint density at radius 3 is 2.62 bits per heavy atom. The van der Waals surface area contributed by atoms with Crippen LogP contribution in [0.4, 0.5) is 0 Å². The third-order valence-electron chi connectivity index (χ3n) is 3.52. The van der Waals surface area contributed by atoms with Gasteiger partial charge in [0.25, 0.3) is 0 Å². The number of hydrogen-bond acceptors (Lipinski definition) is 2. The zero-order valence-electron chi connectivity index (χ0n) is 8.87. The van der Waals surface area contributed by atoms with Crippen molar-refractivity contribution >= 4 is 0 Å². The number of hydrogen-bond donors (Lipinski definition) is 0. The first-order chi connectivity index (χ1) is 6.29. The summed E-state index contributed by atoms with van der Waals surface area (Å²) in [4.78, 5) is 5.10. The van der Waals surface area contributed by atoms with Crippen molar-refractivity contribution in [2.75, 3.05) is 33.2 Å². The molecule has 0 aromatic carbocycles. The first-order valence-electron chi connectivity index (χ1n) is 5.51. The predicted molar refractivity (Wildman–Crippen MR) is 55.6 cm³/mol. The van der Waals surface area contributed by atoms with Gasteiger partial charge >= 0.3 is 0 Å². The van der Waals surface area contributed by atoms with Crippen molar-refractivity contribution in [2.24, 2.45) is 5.92 Å². The van der Waals surface area contributed by atoms with E-state index in [1.807, 2.05) is 0 Å². The second-order valence-corrected chi connectivity index (χ2v) is 4.61. The van der Waals surface area contributed by atoms with Gasteiger partial charge in [-0.15, -0.1) is 0 Å². The molecular weight excluding hydrogens is 160 g/mol. The SMILES string of the molecule is C[CH]C1CCCN(C2CN(C)C2)C1. The fourth-order valence-corrected chi connectivity index (χ4v) is 2.54. The summed E-state index contributed by atoms with van der Waals surface area (Å²) in [6.07, 6.45) is 5.19. The fraction of sp³-hybridized carbons (Fsp3) is 0.909. The summed E-state index contributed by atoms with van der Waals surface area (Å²) in [5, 5.41) is 0. The molecule has 0 N–H and O–H groups in total. The van der Waals surface area contributed by atoms with Gasteiger partial charge in [-0.25, -0.2) is 0 Å². The van der Waals surface area contributed by atoms with E-state index < -0.39 is 0 Å². The molecule has 75 valence electrons. The molecule has 0 bridgehead atoms. The third kappa shape index (κ3) is 2.05. The first kappa shape index (κ1) is 9.47. The van der Waals surface area contributed by atoms with Gasteiger partial charge in [0.1, 0.15) is 0 Å². The van der Waals surface area contributed by atoms with E-state index in [1.54, 1.807) is 0 Å². The fourth-order valence-electron chi connectivity index (χ4n) is 2.54. The standard InChI is InChI=1S/C11H21N2/c1-3-10-5-4-6-13(7-10)11-8-12(2)9-11/h3,10-11H,4-9H2,1-2H3. The molecule has 2 aliphatic rings. The van der Waals surface area contributed by atoms with Crippen molar-refractivity contribution in [1.82, 2.24) is 9.80 Å². The highest BCUT2D eigenvalue weighted by Crippen LogP contribution is 2.23. The van der Waals surface area contributed by atoms with Crippen molar-refractivity contribution in [2.45, 2.75) is 25.8 Å². The third-order valence-corrected chi connectivity index (χ3v) is 3.52. The van der Waals surface area contributed by atoms with Crippen LogP contribution >= 0.6 is 0 Å². The van der Waals surface area contributed by atoms with Gasteiger partial charge in [0.05, 0.1) is 0 Å². The van der Waals surface area contributed by atoms with E-state index in [9.17, 15) is 0 Å². The maximum atomic E-state index is 2.69. The monoisotopic (exact) mass is 181 g/mol. The van der Waals surface area contributed by atoms with Crippen LogP contribution in [0.25, 0.3) is 0 Å². The number of piperidine rings is 1. The molecule has 2 rings (SSSR count). The largest absolute Gasteiger partial charge is 0.303 e. The van der Waals surface area contributed by atoms with Gasteiger partial charge in [-0.2, -0.15) is 0 Å². The van der Waals surface area contributed by atoms with Gasteiger partial charge in [-0.1, -0.05) is 6.92 Å². The molecular formula is C11H21N2. The number of rotatable bonds is 2. The molecule has 2 heteroatoms. The van der Waals surface area contributed by atoms with Crippen molar-refractivity contribution in [3.05, 3.63) is 6.42 Å². The van der Waals surface area contributed by atoms with Crippen LogP contribution in [0.15, 0.2) is 0 Å². The summed E-state index contributed by atoms with van der Waals surface area (Å²) < 4.78 is 0. The quantitative estimate of drug-likeness (QED) is 0.632. The van der Waals surface area contributed by atoms with Crippen molar-refractivity contribution in [1.29, 1.82) is 0 Å². The van der Waals surface area contributed by atoms with E-state index in [4.69, 9.17) is 0 Å². The molecule has 0 aromatic heterocycles.